The first-order chi connectivity index (χ1) is 36.8. The molecule has 426 valence electrons. The lowest BCUT2D eigenvalue weighted by Crippen LogP contribution is -2.28. The number of amides is 1. The molecule has 0 aliphatic carbocycles. The van der Waals surface area contributed by atoms with Gasteiger partial charge in [-0.05, 0) is 109 Å². The Bertz CT molecular complexity index is 1680. The molecule has 0 aromatic heterocycles. The van der Waals surface area contributed by atoms with Crippen LogP contribution in [0.15, 0.2) is 134 Å². The summed E-state index contributed by atoms with van der Waals surface area (Å²) in [6.07, 6.45) is 80.8. The molecule has 0 bridgehead atoms. The predicted molar refractivity (Wildman–Crippen MR) is 320 cm³/mol. The molecule has 2 N–H and O–H groups in total. The van der Waals surface area contributed by atoms with Crippen LogP contribution in [-0.2, 0) is 32.7 Å². The van der Waals surface area contributed by atoms with Crippen LogP contribution in [-0.4, -0.2) is 49.2 Å². The molecule has 0 saturated carbocycles. The molecule has 0 aliphatic heterocycles. The van der Waals surface area contributed by atoms with Crippen LogP contribution in [0, 0.1) is 0 Å². The number of hydrogen-bond acceptors (Lipinski definition) is 7. The van der Waals surface area contributed by atoms with E-state index in [1.807, 2.05) is 18.2 Å². The van der Waals surface area contributed by atoms with E-state index < -0.39 is 26.5 Å². The van der Waals surface area contributed by atoms with Crippen molar-refractivity contribution in [3.8, 4) is 0 Å². The fraction of sp³-hybridized carbons (Fsp3) is 0.631. The Morgan fingerprint density at radius 2 is 0.827 bits per heavy atom. The molecule has 0 saturated heterocycles. The first-order valence-electron chi connectivity index (χ1n) is 29.7. The standard InChI is InChI=1S/C65H108NO8P/c1-4-7-10-13-16-19-22-25-28-31-32-34-36-39-42-45-48-51-54-57-65(68)74-63(61-71-59-55-52-49-46-43-40-37-30-27-24-21-18-15-12-9-6-3)62-73-75(69,70)72-60-58-66-64(67)56-53-50-47-44-41-38-35-33-29-26-23-20-17-14-11-8-5-2/h7,10,16-17,19-20,25-26,28-29,32,34-35,38-39,42,44,47-48,51,55,59,63H,4-6,8-9,11-15,18,21-24,27,30-31,33,36-37,40-41,43,45-46,49-50,52-54,56-58,60-62H2,1-3H3,(H,66,67)(H,69,70)/b10-7-,19-16-,20-17-,28-25-,29-26-,34-32-,38-35-,42-39-,47-44-,51-48-,59-55-/t63-/m1/s1. The van der Waals surface area contributed by atoms with Crippen LogP contribution in [0.25, 0.3) is 0 Å². The van der Waals surface area contributed by atoms with Crippen molar-refractivity contribution in [1.29, 1.82) is 0 Å². The molecular formula is C65H108NO8P. The van der Waals surface area contributed by atoms with Crippen LogP contribution in [0.3, 0.4) is 0 Å². The van der Waals surface area contributed by atoms with Gasteiger partial charge in [-0.2, -0.15) is 0 Å². The van der Waals surface area contributed by atoms with Crippen LogP contribution in [0.5, 0.6) is 0 Å². The molecule has 0 fully saturated rings. The minimum atomic E-state index is -4.51. The summed E-state index contributed by atoms with van der Waals surface area (Å²) in [5.41, 5.74) is 0. The maximum atomic E-state index is 12.8. The molecule has 10 heteroatoms. The highest BCUT2D eigenvalue weighted by atomic mass is 31.2. The smallest absolute Gasteiger partial charge is 0.472 e. The Labute approximate surface area is 459 Å². The summed E-state index contributed by atoms with van der Waals surface area (Å²) in [4.78, 5) is 35.6. The van der Waals surface area contributed by atoms with E-state index in [1.165, 1.54) is 109 Å². The Balaban J connectivity index is 4.66. The summed E-state index contributed by atoms with van der Waals surface area (Å²) in [5, 5.41) is 2.72. The number of esters is 1. The number of allylic oxidation sites excluding steroid dienone is 21. The highest BCUT2D eigenvalue weighted by Gasteiger charge is 2.25. The van der Waals surface area contributed by atoms with E-state index in [4.69, 9.17) is 18.5 Å². The molecule has 0 heterocycles. The maximum absolute atomic E-state index is 12.8. The van der Waals surface area contributed by atoms with E-state index >= 15 is 0 Å². The fourth-order valence-corrected chi connectivity index (χ4v) is 8.30. The number of carbonyl (C=O) groups excluding carboxylic acids is 2. The minimum absolute atomic E-state index is 0.0436. The molecule has 0 spiro atoms. The number of unbranched alkanes of at least 4 members (excludes halogenated alkanes) is 18. The summed E-state index contributed by atoms with van der Waals surface area (Å²) in [6, 6.07) is 0. The van der Waals surface area contributed by atoms with Crippen molar-refractivity contribution in [1.82, 2.24) is 5.32 Å². The van der Waals surface area contributed by atoms with Crippen LogP contribution in [0.2, 0.25) is 0 Å². The van der Waals surface area contributed by atoms with Crippen LogP contribution in [0.4, 0.5) is 0 Å². The zero-order chi connectivity index (χ0) is 54.5. The van der Waals surface area contributed by atoms with Gasteiger partial charge in [0.05, 0.1) is 19.5 Å². The Morgan fingerprint density at radius 1 is 0.440 bits per heavy atom. The molecule has 0 aliphatic rings. The second kappa shape index (κ2) is 59.2. The van der Waals surface area contributed by atoms with Crippen LogP contribution < -0.4 is 5.32 Å². The Kier molecular flexibility index (Phi) is 56.1. The summed E-state index contributed by atoms with van der Waals surface area (Å²) < 4.78 is 34.5. The van der Waals surface area contributed by atoms with Gasteiger partial charge in [0.25, 0.3) is 0 Å². The molecule has 75 heavy (non-hydrogen) atoms. The van der Waals surface area contributed by atoms with Crippen molar-refractivity contribution < 1.29 is 37.6 Å². The number of phosphoric acid groups is 1. The maximum Gasteiger partial charge on any atom is 0.472 e. The van der Waals surface area contributed by atoms with Gasteiger partial charge >= 0.3 is 13.8 Å². The van der Waals surface area contributed by atoms with E-state index in [1.54, 1.807) is 6.26 Å². The van der Waals surface area contributed by atoms with Crippen molar-refractivity contribution >= 4 is 19.7 Å². The molecule has 0 aromatic rings. The lowest BCUT2D eigenvalue weighted by molar-refractivity contribution is -0.153. The van der Waals surface area contributed by atoms with Crippen molar-refractivity contribution in [3.05, 3.63) is 134 Å². The van der Waals surface area contributed by atoms with Gasteiger partial charge in [-0.25, -0.2) is 4.57 Å². The summed E-state index contributed by atoms with van der Waals surface area (Å²) in [7, 11) is -4.51. The summed E-state index contributed by atoms with van der Waals surface area (Å²) in [6.45, 7) is 6.04. The second-order valence-electron chi connectivity index (χ2n) is 19.1. The van der Waals surface area contributed by atoms with Gasteiger partial charge in [0.15, 0.2) is 6.10 Å². The molecule has 0 rings (SSSR count). The van der Waals surface area contributed by atoms with Crippen molar-refractivity contribution in [3.63, 3.8) is 0 Å². The van der Waals surface area contributed by atoms with Gasteiger partial charge in [0.1, 0.15) is 6.61 Å². The Morgan fingerprint density at radius 3 is 1.31 bits per heavy atom. The quantitative estimate of drug-likeness (QED) is 0.0203. The average Bonchev–Trinajstić information content (AvgIpc) is 3.40. The van der Waals surface area contributed by atoms with Gasteiger partial charge < -0.3 is 19.7 Å². The lowest BCUT2D eigenvalue weighted by atomic mass is 10.0. The largest absolute Gasteiger partial charge is 0.498 e. The summed E-state index contributed by atoms with van der Waals surface area (Å²) in [5.74, 6) is -0.619. The van der Waals surface area contributed by atoms with E-state index in [0.29, 0.717) is 19.3 Å². The normalized spacial score (nSPS) is 14.0. The third-order valence-corrected chi connectivity index (χ3v) is 12.9. The molecular weight excluding hydrogens is 954 g/mol. The van der Waals surface area contributed by atoms with Crippen LogP contribution in [0.1, 0.15) is 233 Å². The van der Waals surface area contributed by atoms with Crippen molar-refractivity contribution in [2.75, 3.05) is 26.4 Å². The van der Waals surface area contributed by atoms with Gasteiger partial charge in [-0.3, -0.25) is 18.6 Å². The highest BCUT2D eigenvalue weighted by molar-refractivity contribution is 7.47. The molecule has 0 radical (unpaired) electrons. The SMILES string of the molecule is CC/C=C\C/C=C\C/C=C\C/C=C\C/C=C\C/C=C\CCC(=O)O[C@H](CO/C=C\CCCCCCCCCCCCCCCC)COP(=O)(O)OCCNC(=O)CCC/C=C\C/C=C\C/C=C\C/C=C\CCCCC. The number of carbonyl (C=O) groups is 2. The van der Waals surface area contributed by atoms with Crippen molar-refractivity contribution in [2.45, 2.75) is 239 Å². The van der Waals surface area contributed by atoms with E-state index in [9.17, 15) is 19.0 Å². The zero-order valence-corrected chi connectivity index (χ0v) is 48.6. The lowest BCUT2D eigenvalue weighted by Gasteiger charge is -2.19. The van der Waals surface area contributed by atoms with E-state index in [0.717, 1.165) is 77.0 Å². The Hall–Kier alpha value is -4.01. The van der Waals surface area contributed by atoms with Gasteiger partial charge in [-0.1, -0.05) is 239 Å². The molecule has 1 amide bonds. The molecule has 2 atom stereocenters. The summed E-state index contributed by atoms with van der Waals surface area (Å²) >= 11 is 0. The van der Waals surface area contributed by atoms with Gasteiger partial charge in [0.2, 0.25) is 5.91 Å². The topological polar surface area (TPSA) is 120 Å². The van der Waals surface area contributed by atoms with Crippen LogP contribution >= 0.6 is 7.82 Å². The number of phosphoric ester groups is 1. The molecule has 9 nitrogen and oxygen atoms in total. The van der Waals surface area contributed by atoms with E-state index in [-0.39, 0.29) is 32.1 Å². The predicted octanol–water partition coefficient (Wildman–Crippen LogP) is 19.2. The number of nitrogens with one attached hydrogen (secondary N) is 1. The molecule has 0 aromatic carbocycles. The number of rotatable bonds is 54. The van der Waals surface area contributed by atoms with Gasteiger partial charge in [-0.15, -0.1) is 0 Å². The van der Waals surface area contributed by atoms with E-state index in [2.05, 4.69) is 135 Å². The zero-order valence-electron chi connectivity index (χ0n) is 47.7. The first kappa shape index (κ1) is 71.0. The third kappa shape index (κ3) is 59.1. The molecule has 1 unspecified atom stereocenters. The van der Waals surface area contributed by atoms with Crippen molar-refractivity contribution in [2.24, 2.45) is 0 Å². The van der Waals surface area contributed by atoms with Gasteiger partial charge in [0, 0.05) is 19.4 Å². The number of hydrogen-bond donors (Lipinski definition) is 2. The highest BCUT2D eigenvalue weighted by Crippen LogP contribution is 2.43. The monoisotopic (exact) mass is 1060 g/mol. The first-order valence-corrected chi connectivity index (χ1v) is 31.2. The second-order valence-corrected chi connectivity index (χ2v) is 20.5. The number of ether oxygens (including phenoxy) is 2. The average molecular weight is 1060 g/mol. The third-order valence-electron chi connectivity index (χ3n) is 11.9. The fourth-order valence-electron chi connectivity index (χ4n) is 7.55. The minimum Gasteiger partial charge on any atom is -0.498 e.